The first-order valence-corrected chi connectivity index (χ1v) is 4.70. The van der Waals surface area contributed by atoms with Crippen LogP contribution in [0.25, 0.3) is 0 Å². The number of nitrogens with zero attached hydrogens (tertiary/aromatic N) is 1. The van der Waals surface area contributed by atoms with E-state index < -0.39 is 0 Å². The molecule has 0 aliphatic carbocycles. The van der Waals surface area contributed by atoms with Gasteiger partial charge in [0.1, 0.15) is 5.69 Å². The van der Waals surface area contributed by atoms with E-state index in [4.69, 9.17) is 11.6 Å². The quantitative estimate of drug-likeness (QED) is 0.776. The zero-order chi connectivity index (χ0) is 10.8. The molecule has 1 N–H and O–H groups in total. The minimum absolute atomic E-state index is 0.186. The zero-order valence-corrected chi connectivity index (χ0v) is 9.22. The smallest absolute Gasteiger partial charge is 0.270 e. The summed E-state index contributed by atoms with van der Waals surface area (Å²) >= 11 is 5.66. The van der Waals surface area contributed by atoms with Crippen molar-refractivity contribution in [3.05, 3.63) is 29.0 Å². The Bertz CT molecular complexity index is 327. The number of carbonyl (C=O) groups excluding carboxylic acids is 1. The van der Waals surface area contributed by atoms with Crippen molar-refractivity contribution in [2.45, 2.75) is 26.3 Å². The minimum atomic E-state index is -0.252. The van der Waals surface area contributed by atoms with Gasteiger partial charge in [0, 0.05) is 11.7 Å². The molecule has 0 saturated heterocycles. The highest BCUT2D eigenvalue weighted by molar-refractivity contribution is 6.30. The van der Waals surface area contributed by atoms with Crippen LogP contribution in [0, 0.1) is 0 Å². The van der Waals surface area contributed by atoms with E-state index in [1.807, 2.05) is 20.8 Å². The third kappa shape index (κ3) is 3.34. The van der Waals surface area contributed by atoms with Crippen LogP contribution in [0.2, 0.25) is 5.02 Å². The van der Waals surface area contributed by atoms with Gasteiger partial charge in [-0.25, -0.2) is 4.98 Å². The van der Waals surface area contributed by atoms with Gasteiger partial charge in [-0.05, 0) is 32.9 Å². The summed E-state index contributed by atoms with van der Waals surface area (Å²) in [5.74, 6) is -0.186. The lowest BCUT2D eigenvalue weighted by molar-refractivity contribution is 0.0914. The first-order valence-electron chi connectivity index (χ1n) is 4.32. The van der Waals surface area contributed by atoms with E-state index in [9.17, 15) is 4.79 Å². The lowest BCUT2D eigenvalue weighted by Crippen LogP contribution is -2.40. The molecule has 0 atom stereocenters. The molecule has 1 heterocycles. The van der Waals surface area contributed by atoms with Crippen molar-refractivity contribution in [2.75, 3.05) is 0 Å². The Kier molecular flexibility index (Phi) is 3.11. The van der Waals surface area contributed by atoms with Gasteiger partial charge in [-0.2, -0.15) is 0 Å². The second-order valence-corrected chi connectivity index (χ2v) is 4.50. The Hall–Kier alpha value is -1.09. The summed E-state index contributed by atoms with van der Waals surface area (Å²) in [6.07, 6.45) is 1.46. The van der Waals surface area contributed by atoms with Crippen LogP contribution in [0.3, 0.4) is 0 Å². The maximum atomic E-state index is 11.6. The third-order valence-electron chi connectivity index (χ3n) is 1.45. The molecule has 0 aromatic carbocycles. The molecule has 76 valence electrons. The summed E-state index contributed by atoms with van der Waals surface area (Å²) < 4.78 is 0. The number of aromatic nitrogens is 1. The van der Waals surface area contributed by atoms with Gasteiger partial charge in [0.05, 0.1) is 5.02 Å². The van der Waals surface area contributed by atoms with Gasteiger partial charge < -0.3 is 5.32 Å². The molecule has 0 radical (unpaired) electrons. The SMILES string of the molecule is CC(C)(C)NC(=O)c1ccc(Cl)cn1. The molecule has 14 heavy (non-hydrogen) atoms. The van der Waals surface area contributed by atoms with Gasteiger partial charge in [0.15, 0.2) is 0 Å². The monoisotopic (exact) mass is 212 g/mol. The zero-order valence-electron chi connectivity index (χ0n) is 8.47. The number of pyridine rings is 1. The normalized spacial score (nSPS) is 11.1. The molecule has 0 bridgehead atoms. The van der Waals surface area contributed by atoms with Crippen LogP contribution in [0.15, 0.2) is 18.3 Å². The Morgan fingerprint density at radius 2 is 2.07 bits per heavy atom. The predicted molar refractivity (Wildman–Crippen MR) is 56.5 cm³/mol. The van der Waals surface area contributed by atoms with Gasteiger partial charge >= 0.3 is 0 Å². The van der Waals surface area contributed by atoms with Crippen LogP contribution in [-0.4, -0.2) is 16.4 Å². The lowest BCUT2D eigenvalue weighted by Gasteiger charge is -2.19. The molecule has 1 aromatic rings. The van der Waals surface area contributed by atoms with Gasteiger partial charge in [0.25, 0.3) is 5.91 Å². The number of hydrogen-bond donors (Lipinski definition) is 1. The highest BCUT2D eigenvalue weighted by atomic mass is 35.5. The molecule has 4 heteroatoms. The predicted octanol–water partition coefficient (Wildman–Crippen LogP) is 2.26. The number of amides is 1. The number of nitrogens with one attached hydrogen (secondary N) is 1. The number of carbonyl (C=O) groups is 1. The van der Waals surface area contributed by atoms with Crippen molar-refractivity contribution in [1.29, 1.82) is 0 Å². The van der Waals surface area contributed by atoms with Crippen molar-refractivity contribution in [3.63, 3.8) is 0 Å². The van der Waals surface area contributed by atoms with Crippen LogP contribution in [0.1, 0.15) is 31.3 Å². The van der Waals surface area contributed by atoms with E-state index in [1.54, 1.807) is 12.1 Å². The van der Waals surface area contributed by atoms with Crippen molar-refractivity contribution >= 4 is 17.5 Å². The molecule has 0 aliphatic rings. The minimum Gasteiger partial charge on any atom is -0.346 e. The third-order valence-corrected chi connectivity index (χ3v) is 1.67. The summed E-state index contributed by atoms with van der Waals surface area (Å²) in [7, 11) is 0. The summed E-state index contributed by atoms with van der Waals surface area (Å²) in [5.41, 5.74) is 0.127. The van der Waals surface area contributed by atoms with E-state index in [1.165, 1.54) is 6.20 Å². The lowest BCUT2D eigenvalue weighted by atomic mass is 10.1. The van der Waals surface area contributed by atoms with E-state index in [0.29, 0.717) is 10.7 Å². The standard InChI is InChI=1S/C10H13ClN2O/c1-10(2,3)13-9(14)8-5-4-7(11)6-12-8/h4-6H,1-3H3,(H,13,14). The number of hydrogen-bond acceptors (Lipinski definition) is 2. The summed E-state index contributed by atoms with van der Waals surface area (Å²) in [5, 5.41) is 3.34. The van der Waals surface area contributed by atoms with Crippen LogP contribution in [-0.2, 0) is 0 Å². The molecule has 0 saturated carbocycles. The average molecular weight is 213 g/mol. The molecule has 3 nitrogen and oxygen atoms in total. The maximum absolute atomic E-state index is 11.6. The fourth-order valence-corrected chi connectivity index (χ4v) is 1.03. The van der Waals surface area contributed by atoms with Crippen LogP contribution < -0.4 is 5.32 Å². The molecule has 0 aliphatic heterocycles. The van der Waals surface area contributed by atoms with Gasteiger partial charge in [0.2, 0.25) is 0 Å². The number of halogens is 1. The van der Waals surface area contributed by atoms with Crippen molar-refractivity contribution in [1.82, 2.24) is 10.3 Å². The van der Waals surface area contributed by atoms with E-state index in [-0.39, 0.29) is 11.4 Å². The first kappa shape index (κ1) is 11.0. The molecule has 1 rings (SSSR count). The second kappa shape index (κ2) is 3.96. The Morgan fingerprint density at radius 3 is 2.50 bits per heavy atom. The first-order chi connectivity index (χ1) is 6.38. The molecule has 1 aromatic heterocycles. The number of rotatable bonds is 1. The van der Waals surface area contributed by atoms with Crippen LogP contribution in [0.4, 0.5) is 0 Å². The highest BCUT2D eigenvalue weighted by Gasteiger charge is 2.15. The molecular formula is C10H13ClN2O. The average Bonchev–Trinajstić information content (AvgIpc) is 2.02. The molecule has 1 amide bonds. The fraction of sp³-hybridized carbons (Fsp3) is 0.400. The van der Waals surface area contributed by atoms with Crippen molar-refractivity contribution in [2.24, 2.45) is 0 Å². The Balaban J connectivity index is 2.76. The summed E-state index contributed by atoms with van der Waals surface area (Å²) in [6, 6.07) is 3.25. The van der Waals surface area contributed by atoms with Gasteiger partial charge in [-0.3, -0.25) is 4.79 Å². The summed E-state index contributed by atoms with van der Waals surface area (Å²) in [6.45, 7) is 5.75. The maximum Gasteiger partial charge on any atom is 0.270 e. The van der Waals surface area contributed by atoms with E-state index in [0.717, 1.165) is 0 Å². The highest BCUT2D eigenvalue weighted by Crippen LogP contribution is 2.07. The van der Waals surface area contributed by atoms with Crippen molar-refractivity contribution in [3.8, 4) is 0 Å². The van der Waals surface area contributed by atoms with E-state index >= 15 is 0 Å². The molecule has 0 fully saturated rings. The van der Waals surface area contributed by atoms with Gasteiger partial charge in [-0.15, -0.1) is 0 Å². The van der Waals surface area contributed by atoms with Gasteiger partial charge in [-0.1, -0.05) is 11.6 Å². The van der Waals surface area contributed by atoms with E-state index in [2.05, 4.69) is 10.3 Å². The summed E-state index contributed by atoms with van der Waals surface area (Å²) in [4.78, 5) is 15.5. The van der Waals surface area contributed by atoms with Crippen LogP contribution in [0.5, 0.6) is 0 Å². The molecule has 0 spiro atoms. The Labute approximate surface area is 88.5 Å². The van der Waals surface area contributed by atoms with Crippen molar-refractivity contribution < 1.29 is 4.79 Å². The second-order valence-electron chi connectivity index (χ2n) is 4.07. The Morgan fingerprint density at radius 1 is 1.43 bits per heavy atom. The fourth-order valence-electron chi connectivity index (χ4n) is 0.915. The topological polar surface area (TPSA) is 42.0 Å². The molecular weight excluding hydrogens is 200 g/mol. The largest absolute Gasteiger partial charge is 0.346 e. The molecule has 0 unspecified atom stereocenters. The van der Waals surface area contributed by atoms with Crippen LogP contribution >= 0.6 is 11.6 Å².